The summed E-state index contributed by atoms with van der Waals surface area (Å²) in [7, 11) is -9.13. The van der Waals surface area contributed by atoms with Crippen molar-refractivity contribution in [1.29, 1.82) is 0 Å². The zero-order valence-corrected chi connectivity index (χ0v) is 70.1. The van der Waals surface area contributed by atoms with Gasteiger partial charge in [-0.05, 0) is 84.4 Å². The molecule has 0 unspecified atom stereocenters. The van der Waals surface area contributed by atoms with Crippen LogP contribution in [0.1, 0.15) is 435 Å². The van der Waals surface area contributed by atoms with Gasteiger partial charge < -0.3 is 9.11 Å². The molecule has 0 saturated carbocycles. The molecule has 6 nitrogen and oxygen atoms in total. The van der Waals surface area contributed by atoms with Gasteiger partial charge in [0.2, 0.25) is 0 Å². The Morgan fingerprint density at radius 3 is 0.557 bits per heavy atom. The van der Waals surface area contributed by atoms with Crippen LogP contribution in [0.2, 0.25) is 0 Å². The Labute approximate surface area is 642 Å². The van der Waals surface area contributed by atoms with Crippen molar-refractivity contribution in [2.24, 2.45) is 0 Å². The van der Waals surface area contributed by atoms with Gasteiger partial charge in [0.05, 0.1) is 9.79 Å². The van der Waals surface area contributed by atoms with E-state index in [9.17, 15) is 25.9 Å². The van der Waals surface area contributed by atoms with E-state index >= 15 is 0 Å². The van der Waals surface area contributed by atoms with E-state index in [1.165, 1.54) is 334 Å². The zero-order valence-electron chi connectivity index (χ0n) is 64.0. The first-order valence-electron chi connectivity index (χ1n) is 42.0. The molecule has 97 heavy (non-hydrogen) atoms. The van der Waals surface area contributed by atoms with Gasteiger partial charge in [-0.1, -0.05) is 448 Å². The normalized spacial score (nSPS) is 11.9. The third-order valence-corrected chi connectivity index (χ3v) is 23.0. The molecule has 0 saturated heterocycles. The van der Waals surface area contributed by atoms with Gasteiger partial charge in [-0.3, -0.25) is 0 Å². The van der Waals surface area contributed by atoms with Gasteiger partial charge in [0, 0.05) is 10.8 Å². The van der Waals surface area contributed by atoms with Crippen LogP contribution in [0.3, 0.4) is 0 Å². The fourth-order valence-electron chi connectivity index (χ4n) is 15.1. The van der Waals surface area contributed by atoms with Crippen LogP contribution in [0.15, 0.2) is 70.5 Å². The van der Waals surface area contributed by atoms with Gasteiger partial charge in [0.15, 0.2) is 0 Å². The summed E-state index contributed by atoms with van der Waals surface area (Å²) in [5.74, 6) is 0. The maximum absolute atomic E-state index is 12.6. The van der Waals surface area contributed by atoms with E-state index in [0.29, 0.717) is 23.6 Å². The van der Waals surface area contributed by atoms with Crippen LogP contribution in [-0.2, 0) is 45.9 Å². The Morgan fingerprint density at radius 1 is 0.216 bits per heavy atom. The molecule has 0 spiro atoms. The first-order chi connectivity index (χ1) is 47.0. The summed E-state index contributed by atoms with van der Waals surface area (Å²) in [6.45, 7) is 9.11. The van der Waals surface area contributed by atoms with Crippen LogP contribution >= 0.6 is 0 Å². The molecule has 4 rings (SSSR count). The Morgan fingerprint density at radius 2 is 0.381 bits per heavy atom. The number of benzene rings is 4. The van der Waals surface area contributed by atoms with Crippen LogP contribution in [0.5, 0.6) is 0 Å². The monoisotopic (exact) mass is 1500 g/mol. The summed E-state index contributed by atoms with van der Waals surface area (Å²) < 4.78 is 75.8. The molecule has 4 aromatic carbocycles. The van der Waals surface area contributed by atoms with Gasteiger partial charge in [-0.25, -0.2) is 16.8 Å². The van der Waals surface area contributed by atoms with Crippen molar-refractivity contribution in [2.45, 2.75) is 448 Å². The molecule has 552 valence electrons. The summed E-state index contributed by atoms with van der Waals surface area (Å²) in [5.41, 5.74) is 3.48. The maximum Gasteiger partial charge on any atom is 2.00 e. The molecular formula is C88H150BaO6S2. The second kappa shape index (κ2) is 63.3. The second-order valence-electron chi connectivity index (χ2n) is 29.8. The summed E-state index contributed by atoms with van der Waals surface area (Å²) >= 11 is 0. The van der Waals surface area contributed by atoms with Crippen molar-refractivity contribution < 1.29 is 25.9 Å². The minimum Gasteiger partial charge on any atom is -0.744 e. The summed E-state index contributed by atoms with van der Waals surface area (Å²) in [6, 6.07) is 19.9. The van der Waals surface area contributed by atoms with E-state index in [1.54, 1.807) is 0 Å². The topological polar surface area (TPSA) is 114 Å². The Hall–Kier alpha value is -1.21. The fourth-order valence-corrected chi connectivity index (χ4v) is 17.0. The second-order valence-corrected chi connectivity index (χ2v) is 32.5. The number of hydrogen-bond acceptors (Lipinski definition) is 6. The molecule has 0 fully saturated rings. The summed E-state index contributed by atoms with van der Waals surface area (Å²) in [5, 5.41) is 3.14. The molecule has 0 aromatic heterocycles. The molecule has 0 aliphatic carbocycles. The largest absolute Gasteiger partial charge is 2.00 e. The van der Waals surface area contributed by atoms with E-state index in [1.807, 2.05) is 60.7 Å². The van der Waals surface area contributed by atoms with E-state index in [0.717, 1.165) is 97.2 Å². The average Bonchev–Trinajstić information content (AvgIpc) is 0.777. The zero-order chi connectivity index (χ0) is 69.1. The molecule has 0 N–H and O–H groups in total. The van der Waals surface area contributed by atoms with Gasteiger partial charge in [-0.15, -0.1) is 0 Å². The molecule has 0 aliphatic rings. The molecule has 0 radical (unpaired) electrons. The Kier molecular flexibility index (Phi) is 59.9. The first kappa shape index (κ1) is 91.9. The van der Waals surface area contributed by atoms with Crippen molar-refractivity contribution in [3.63, 3.8) is 0 Å². The molecule has 0 heterocycles. The molecule has 4 aromatic rings. The summed E-state index contributed by atoms with van der Waals surface area (Å²) in [6.07, 6.45) is 82.1. The van der Waals surface area contributed by atoms with Gasteiger partial charge >= 0.3 is 48.9 Å². The standard InChI is InChI=1S/2C44H76O3S.Ba/c2*1-3-5-7-9-11-13-15-17-19-21-23-25-27-29-31-34-40-36-33-37-41-38-39-42(44(43(40)41)48(45,46)47)35-32-30-28-26-24-22-20-18-16-14-12-10-8-6-4-2;/h2*33,36-39H,3-32,34-35H2,1-2H3,(H,45,46,47);/q;;+2/p-2. The number of hydrogen-bond donors (Lipinski definition) is 0. The molecular weight excluding hydrogens is 1350 g/mol. The van der Waals surface area contributed by atoms with E-state index in [4.69, 9.17) is 0 Å². The number of unbranched alkanes of at least 4 members (excludes halogenated alkanes) is 56. The van der Waals surface area contributed by atoms with E-state index < -0.39 is 20.2 Å². The van der Waals surface area contributed by atoms with Crippen molar-refractivity contribution in [3.05, 3.63) is 82.9 Å². The molecule has 9 heteroatoms. The number of fused-ring (bicyclic) bond motifs is 2. The minimum atomic E-state index is -4.56. The quantitative estimate of drug-likeness (QED) is 0.0247. The third kappa shape index (κ3) is 46.3. The molecule has 0 amide bonds. The third-order valence-electron chi connectivity index (χ3n) is 21.0. The Bertz CT molecular complexity index is 2500. The van der Waals surface area contributed by atoms with Gasteiger partial charge in [-0.2, -0.15) is 0 Å². The van der Waals surface area contributed by atoms with E-state index in [-0.39, 0.29) is 58.7 Å². The predicted molar refractivity (Wildman–Crippen MR) is 424 cm³/mol. The van der Waals surface area contributed by atoms with Gasteiger partial charge in [0.25, 0.3) is 0 Å². The van der Waals surface area contributed by atoms with E-state index in [2.05, 4.69) is 27.7 Å². The number of aryl methyl sites for hydroxylation is 4. The smallest absolute Gasteiger partial charge is 0.744 e. The Balaban J connectivity index is 0.000000653. The molecule has 0 atom stereocenters. The van der Waals surface area contributed by atoms with Crippen LogP contribution in [0.4, 0.5) is 0 Å². The van der Waals surface area contributed by atoms with Crippen LogP contribution in [0.25, 0.3) is 21.5 Å². The van der Waals surface area contributed by atoms with Crippen molar-refractivity contribution in [1.82, 2.24) is 0 Å². The first-order valence-corrected chi connectivity index (χ1v) is 44.8. The average molecular weight is 1510 g/mol. The van der Waals surface area contributed by atoms with Crippen molar-refractivity contribution >= 4 is 90.7 Å². The fraction of sp³-hybridized carbons (Fsp3) is 0.773. The van der Waals surface area contributed by atoms with Crippen molar-refractivity contribution in [3.8, 4) is 0 Å². The summed E-state index contributed by atoms with van der Waals surface area (Å²) in [4.78, 5) is 0.115. The minimum absolute atomic E-state index is 0. The van der Waals surface area contributed by atoms with Crippen molar-refractivity contribution in [2.75, 3.05) is 0 Å². The van der Waals surface area contributed by atoms with Crippen LogP contribution in [0, 0.1) is 0 Å². The van der Waals surface area contributed by atoms with Gasteiger partial charge in [0.1, 0.15) is 20.2 Å². The molecule has 0 bridgehead atoms. The molecule has 0 aliphatic heterocycles. The van der Waals surface area contributed by atoms with Crippen LogP contribution < -0.4 is 0 Å². The maximum atomic E-state index is 12.6. The predicted octanol–water partition coefficient (Wildman–Crippen LogP) is 28.8. The number of rotatable bonds is 66. The van der Waals surface area contributed by atoms with Crippen LogP contribution in [-0.4, -0.2) is 74.8 Å². The SMILES string of the molecule is CCCCCCCCCCCCCCCCCc1ccc2cccc(CCCCCCCCCCCCCCCCC)c2c1S(=O)(=O)[O-].CCCCCCCCCCCCCCCCCc1ccc2cccc(CCCCCCCCCCCCCCCCC)c2c1S(=O)(=O)[O-].[Ba+2].